The number of hydrogen-bond acceptors (Lipinski definition) is 2. The van der Waals surface area contributed by atoms with Gasteiger partial charge in [0.1, 0.15) is 0 Å². The van der Waals surface area contributed by atoms with Gasteiger partial charge < -0.3 is 9.13 Å². The van der Waals surface area contributed by atoms with E-state index in [0.29, 0.717) is 5.82 Å². The largest absolute Gasteiger partial charge is 0.309 e. The Hall–Kier alpha value is -8.34. The van der Waals surface area contributed by atoms with Gasteiger partial charge in [-0.3, -0.25) is 0 Å². The minimum Gasteiger partial charge on any atom is -0.309 e. The number of benzene rings is 9. The minimum atomic E-state index is -0.653. The Morgan fingerprint density at radius 2 is 0.698 bits per heavy atom. The third-order valence-corrected chi connectivity index (χ3v) is 13.7. The second kappa shape index (κ2) is 12.8. The standard InChI is InChI=1S/C59H36N4/c1-2-18-37(19-3-1)58-60-56(55-57(61-58)47-26-6-13-29-50(47)59(55)48-27-11-4-20-41(48)42-21-5-12-28-49(42)59)38-34-39(62-51-30-14-7-22-43(51)44-23-8-15-31-52(44)62)36-40(35-38)63-53-32-16-9-24-45(53)46-25-10-17-33-54(46)63/h1-36H. The monoisotopic (exact) mass is 800 g/mol. The highest BCUT2D eigenvalue weighted by Gasteiger charge is 2.54. The molecular formula is C59H36N4. The minimum absolute atomic E-state index is 0.653. The van der Waals surface area contributed by atoms with Gasteiger partial charge >= 0.3 is 0 Å². The molecule has 0 aliphatic heterocycles. The summed E-state index contributed by atoms with van der Waals surface area (Å²) in [4.78, 5) is 11.4. The molecule has 14 rings (SSSR count). The molecule has 9 aromatic carbocycles. The summed E-state index contributed by atoms with van der Waals surface area (Å²) < 4.78 is 4.88. The molecule has 2 aliphatic rings. The maximum atomic E-state index is 5.80. The molecule has 0 saturated heterocycles. The lowest BCUT2D eigenvalue weighted by Gasteiger charge is -2.31. The van der Waals surface area contributed by atoms with Crippen LogP contribution in [0.4, 0.5) is 0 Å². The maximum absolute atomic E-state index is 5.80. The molecule has 0 bridgehead atoms. The number of aromatic nitrogens is 4. The highest BCUT2D eigenvalue weighted by atomic mass is 15.0. The van der Waals surface area contributed by atoms with Gasteiger partial charge in [-0.25, -0.2) is 9.97 Å². The fraction of sp³-hybridized carbons (Fsp3) is 0.0169. The molecule has 0 saturated carbocycles. The van der Waals surface area contributed by atoms with Crippen molar-refractivity contribution in [3.05, 3.63) is 241 Å². The van der Waals surface area contributed by atoms with E-state index in [0.717, 1.165) is 67.1 Å². The summed E-state index contributed by atoms with van der Waals surface area (Å²) in [6.45, 7) is 0. The second-order valence-corrected chi connectivity index (χ2v) is 16.8. The lowest BCUT2D eigenvalue weighted by Crippen LogP contribution is -2.27. The van der Waals surface area contributed by atoms with E-state index in [2.05, 4.69) is 228 Å². The summed E-state index contributed by atoms with van der Waals surface area (Å²) in [5.41, 5.74) is 18.5. The maximum Gasteiger partial charge on any atom is 0.160 e. The quantitative estimate of drug-likeness (QED) is 0.178. The first-order chi connectivity index (χ1) is 31.3. The summed E-state index contributed by atoms with van der Waals surface area (Å²) >= 11 is 0. The molecule has 0 N–H and O–H groups in total. The average Bonchev–Trinajstić information content (AvgIpc) is 4.06. The first-order valence-electron chi connectivity index (χ1n) is 21.7. The molecule has 0 fully saturated rings. The van der Waals surface area contributed by atoms with Crippen molar-refractivity contribution in [3.63, 3.8) is 0 Å². The Labute approximate surface area is 363 Å². The Morgan fingerprint density at radius 1 is 0.317 bits per heavy atom. The van der Waals surface area contributed by atoms with Gasteiger partial charge in [0.05, 0.1) is 38.9 Å². The zero-order chi connectivity index (χ0) is 41.2. The van der Waals surface area contributed by atoms with E-state index < -0.39 is 5.41 Å². The molecule has 0 radical (unpaired) electrons. The number of rotatable bonds is 4. The van der Waals surface area contributed by atoms with Crippen LogP contribution in [0, 0.1) is 0 Å². The second-order valence-electron chi connectivity index (χ2n) is 16.8. The number of nitrogens with zero attached hydrogens (tertiary/aromatic N) is 4. The molecule has 3 aromatic heterocycles. The predicted octanol–water partition coefficient (Wildman–Crippen LogP) is 14.3. The van der Waals surface area contributed by atoms with Crippen LogP contribution in [0.15, 0.2) is 218 Å². The van der Waals surface area contributed by atoms with Gasteiger partial charge in [0.15, 0.2) is 5.82 Å². The molecular weight excluding hydrogens is 765 g/mol. The fourth-order valence-corrected chi connectivity index (χ4v) is 11.3. The molecule has 292 valence electrons. The van der Waals surface area contributed by atoms with E-state index >= 15 is 0 Å². The van der Waals surface area contributed by atoms with Crippen LogP contribution >= 0.6 is 0 Å². The molecule has 2 aliphatic carbocycles. The fourth-order valence-electron chi connectivity index (χ4n) is 11.3. The summed E-state index contributed by atoms with van der Waals surface area (Å²) in [5, 5.41) is 4.89. The SMILES string of the molecule is c1ccc(-c2nc(-c3cc(-n4c5ccccc5c5ccccc54)cc(-n4c5ccccc5c5ccccc54)c3)c3c(n2)-c2ccccc2C32c3ccccc3-c3ccccc32)cc1. The molecule has 0 amide bonds. The molecule has 3 heterocycles. The lowest BCUT2D eigenvalue weighted by molar-refractivity contribution is 0.788. The molecule has 0 unspecified atom stereocenters. The highest BCUT2D eigenvalue weighted by molar-refractivity contribution is 6.11. The van der Waals surface area contributed by atoms with Gasteiger partial charge in [-0.2, -0.15) is 0 Å². The highest BCUT2D eigenvalue weighted by Crippen LogP contribution is 2.64. The average molecular weight is 801 g/mol. The van der Waals surface area contributed by atoms with Crippen LogP contribution in [0.3, 0.4) is 0 Å². The van der Waals surface area contributed by atoms with E-state index in [-0.39, 0.29) is 0 Å². The van der Waals surface area contributed by atoms with Crippen LogP contribution in [0.5, 0.6) is 0 Å². The van der Waals surface area contributed by atoms with Crippen molar-refractivity contribution in [1.82, 2.24) is 19.1 Å². The number of fused-ring (bicyclic) bond motifs is 16. The van der Waals surface area contributed by atoms with Crippen molar-refractivity contribution in [2.24, 2.45) is 0 Å². The van der Waals surface area contributed by atoms with Crippen LogP contribution < -0.4 is 0 Å². The smallest absolute Gasteiger partial charge is 0.160 e. The van der Waals surface area contributed by atoms with Crippen molar-refractivity contribution in [1.29, 1.82) is 0 Å². The topological polar surface area (TPSA) is 35.6 Å². The third-order valence-electron chi connectivity index (χ3n) is 13.7. The van der Waals surface area contributed by atoms with Crippen LogP contribution in [-0.4, -0.2) is 19.1 Å². The number of hydrogen-bond donors (Lipinski definition) is 0. The van der Waals surface area contributed by atoms with Crippen LogP contribution in [0.25, 0.3) is 100 Å². The molecule has 1 spiro atoms. The third kappa shape index (κ3) is 4.59. The predicted molar refractivity (Wildman–Crippen MR) is 258 cm³/mol. The number of para-hydroxylation sites is 4. The molecule has 63 heavy (non-hydrogen) atoms. The van der Waals surface area contributed by atoms with Crippen LogP contribution in [0.2, 0.25) is 0 Å². The van der Waals surface area contributed by atoms with E-state index in [4.69, 9.17) is 9.97 Å². The van der Waals surface area contributed by atoms with Gasteiger partial charge in [0.25, 0.3) is 0 Å². The molecule has 12 aromatic rings. The van der Waals surface area contributed by atoms with Gasteiger partial charge in [0, 0.05) is 55.2 Å². The Morgan fingerprint density at radius 3 is 1.19 bits per heavy atom. The van der Waals surface area contributed by atoms with E-state index in [1.807, 2.05) is 0 Å². The van der Waals surface area contributed by atoms with Crippen molar-refractivity contribution in [2.75, 3.05) is 0 Å². The van der Waals surface area contributed by atoms with Gasteiger partial charge in [-0.15, -0.1) is 0 Å². The van der Waals surface area contributed by atoms with Crippen molar-refractivity contribution >= 4 is 43.6 Å². The molecule has 4 heteroatoms. The lowest BCUT2D eigenvalue weighted by atomic mass is 9.69. The van der Waals surface area contributed by atoms with Gasteiger partial charge in [-0.05, 0) is 70.3 Å². The normalized spacial score (nSPS) is 13.2. The summed E-state index contributed by atoms with van der Waals surface area (Å²) in [6.07, 6.45) is 0. The summed E-state index contributed by atoms with van der Waals surface area (Å²) in [6, 6.07) is 79.5. The van der Waals surface area contributed by atoms with Gasteiger partial charge in [-0.1, -0.05) is 176 Å². The van der Waals surface area contributed by atoms with E-state index in [1.54, 1.807) is 0 Å². The van der Waals surface area contributed by atoms with Crippen molar-refractivity contribution in [3.8, 4) is 56.4 Å². The van der Waals surface area contributed by atoms with E-state index in [9.17, 15) is 0 Å². The Bertz CT molecular complexity index is 3590. The van der Waals surface area contributed by atoms with Crippen molar-refractivity contribution in [2.45, 2.75) is 5.41 Å². The zero-order valence-electron chi connectivity index (χ0n) is 34.1. The van der Waals surface area contributed by atoms with Gasteiger partial charge in [0.2, 0.25) is 0 Å². The van der Waals surface area contributed by atoms with E-state index in [1.165, 1.54) is 49.4 Å². The molecule has 4 nitrogen and oxygen atoms in total. The van der Waals surface area contributed by atoms with Crippen molar-refractivity contribution < 1.29 is 0 Å². The first-order valence-corrected chi connectivity index (χ1v) is 21.7. The first kappa shape index (κ1) is 34.4. The summed E-state index contributed by atoms with van der Waals surface area (Å²) in [7, 11) is 0. The van der Waals surface area contributed by atoms with Crippen LogP contribution in [0.1, 0.15) is 22.3 Å². The Kier molecular flexibility index (Phi) is 7.01. The zero-order valence-corrected chi connectivity index (χ0v) is 34.1. The van der Waals surface area contributed by atoms with Crippen LogP contribution in [-0.2, 0) is 5.41 Å². The Balaban J connectivity index is 1.17. The molecule has 0 atom stereocenters. The summed E-state index contributed by atoms with van der Waals surface area (Å²) in [5.74, 6) is 0.705.